The van der Waals surface area contributed by atoms with E-state index in [1.807, 2.05) is 0 Å². The molecular formula is C8H9ClF3NO2S. The van der Waals surface area contributed by atoms with Crippen LogP contribution < -0.4 is 0 Å². The molecule has 0 bridgehead atoms. The third-order valence-electron chi connectivity index (χ3n) is 1.83. The lowest BCUT2D eigenvalue weighted by Crippen LogP contribution is -2.19. The molecule has 0 aliphatic heterocycles. The van der Waals surface area contributed by atoms with Gasteiger partial charge in [0.15, 0.2) is 5.69 Å². The number of thiazole rings is 1. The number of nitrogens with zero attached hydrogens (tertiary/aromatic N) is 1. The van der Waals surface area contributed by atoms with Gasteiger partial charge in [-0.2, -0.15) is 13.2 Å². The van der Waals surface area contributed by atoms with E-state index in [0.717, 1.165) is 5.38 Å². The van der Waals surface area contributed by atoms with E-state index in [4.69, 9.17) is 11.6 Å². The monoisotopic (exact) mass is 275 g/mol. The second-order valence-corrected chi connectivity index (χ2v) is 4.33. The van der Waals surface area contributed by atoms with Crippen LogP contribution in [0.15, 0.2) is 5.38 Å². The van der Waals surface area contributed by atoms with Crippen molar-refractivity contribution < 1.29 is 23.4 Å². The lowest BCUT2D eigenvalue weighted by molar-refractivity contribution is -0.141. The standard InChI is InChI=1S/C8H9ClF3NO2S/c9-2-1-4(14)6(15)7-13-5(3-16-7)8(10,11)12/h3-4,6,14-15H,1-2H2. The van der Waals surface area contributed by atoms with Crippen LogP contribution in [0.2, 0.25) is 0 Å². The van der Waals surface area contributed by atoms with Crippen LogP contribution in [0.3, 0.4) is 0 Å². The highest BCUT2D eigenvalue weighted by Gasteiger charge is 2.35. The summed E-state index contributed by atoms with van der Waals surface area (Å²) in [6.07, 6.45) is -7.08. The molecule has 2 unspecified atom stereocenters. The lowest BCUT2D eigenvalue weighted by atomic mass is 10.1. The summed E-state index contributed by atoms with van der Waals surface area (Å²) in [4.78, 5) is 3.23. The Balaban J connectivity index is 2.78. The number of aromatic nitrogens is 1. The molecule has 0 saturated carbocycles. The van der Waals surface area contributed by atoms with Crippen molar-refractivity contribution in [2.45, 2.75) is 24.8 Å². The van der Waals surface area contributed by atoms with Gasteiger partial charge in [0.1, 0.15) is 11.1 Å². The summed E-state index contributed by atoms with van der Waals surface area (Å²) >= 11 is 5.99. The molecule has 1 rings (SSSR count). The fourth-order valence-electron chi connectivity index (χ4n) is 0.988. The van der Waals surface area contributed by atoms with Crippen LogP contribution in [0.5, 0.6) is 0 Å². The Kier molecular flexibility index (Phi) is 4.54. The molecule has 1 aromatic heterocycles. The number of rotatable bonds is 4. The average Bonchev–Trinajstić information content (AvgIpc) is 2.65. The van der Waals surface area contributed by atoms with Gasteiger partial charge in [0, 0.05) is 11.3 Å². The minimum atomic E-state index is -4.54. The van der Waals surface area contributed by atoms with Crippen LogP contribution >= 0.6 is 22.9 Å². The molecule has 0 saturated heterocycles. The van der Waals surface area contributed by atoms with E-state index in [1.54, 1.807) is 0 Å². The summed E-state index contributed by atoms with van der Waals surface area (Å²) in [7, 11) is 0. The maximum Gasteiger partial charge on any atom is 0.434 e. The molecule has 2 atom stereocenters. The Bertz CT molecular complexity index is 344. The summed E-state index contributed by atoms with van der Waals surface area (Å²) in [5, 5.41) is 19.4. The first-order chi connectivity index (χ1) is 7.36. The zero-order valence-electron chi connectivity index (χ0n) is 7.91. The van der Waals surface area contributed by atoms with E-state index < -0.39 is 24.1 Å². The molecule has 0 aliphatic carbocycles. The third-order valence-corrected chi connectivity index (χ3v) is 2.97. The number of aliphatic hydroxyl groups excluding tert-OH is 2. The van der Waals surface area contributed by atoms with Crippen molar-refractivity contribution in [3.05, 3.63) is 16.1 Å². The Morgan fingerprint density at radius 1 is 1.44 bits per heavy atom. The van der Waals surface area contributed by atoms with Gasteiger partial charge in [0.2, 0.25) is 0 Å². The van der Waals surface area contributed by atoms with Gasteiger partial charge in [-0.25, -0.2) is 4.98 Å². The van der Waals surface area contributed by atoms with E-state index in [1.165, 1.54) is 0 Å². The van der Waals surface area contributed by atoms with Gasteiger partial charge < -0.3 is 10.2 Å². The van der Waals surface area contributed by atoms with Crippen LogP contribution in [0.1, 0.15) is 23.2 Å². The topological polar surface area (TPSA) is 53.4 Å². The van der Waals surface area contributed by atoms with E-state index in [0.29, 0.717) is 11.3 Å². The highest BCUT2D eigenvalue weighted by molar-refractivity contribution is 7.09. The first kappa shape index (κ1) is 13.7. The van der Waals surface area contributed by atoms with E-state index in [-0.39, 0.29) is 17.3 Å². The Labute approximate surface area is 98.5 Å². The van der Waals surface area contributed by atoms with E-state index >= 15 is 0 Å². The van der Waals surface area contributed by atoms with Gasteiger partial charge in [-0.3, -0.25) is 0 Å². The molecule has 3 nitrogen and oxygen atoms in total. The molecule has 0 radical (unpaired) electrons. The van der Waals surface area contributed by atoms with Crippen molar-refractivity contribution in [3.63, 3.8) is 0 Å². The van der Waals surface area contributed by atoms with Crippen molar-refractivity contribution in [1.29, 1.82) is 0 Å². The molecule has 1 aromatic rings. The molecule has 0 spiro atoms. The van der Waals surface area contributed by atoms with Crippen LogP contribution in [0, 0.1) is 0 Å². The molecule has 0 aliphatic rings. The first-order valence-electron chi connectivity index (χ1n) is 4.31. The first-order valence-corrected chi connectivity index (χ1v) is 5.72. The van der Waals surface area contributed by atoms with Gasteiger partial charge in [0.25, 0.3) is 0 Å². The summed E-state index contributed by atoms with van der Waals surface area (Å²) in [6, 6.07) is 0. The third kappa shape index (κ3) is 3.31. The highest BCUT2D eigenvalue weighted by Crippen LogP contribution is 2.32. The quantitative estimate of drug-likeness (QED) is 0.828. The largest absolute Gasteiger partial charge is 0.434 e. The number of hydrogen-bond donors (Lipinski definition) is 2. The molecular weight excluding hydrogens is 267 g/mol. The van der Waals surface area contributed by atoms with Crippen LogP contribution in [-0.4, -0.2) is 27.2 Å². The lowest BCUT2D eigenvalue weighted by Gasteiger charge is -2.13. The Morgan fingerprint density at radius 3 is 2.50 bits per heavy atom. The molecule has 0 amide bonds. The predicted octanol–water partition coefficient (Wildman–Crippen LogP) is 2.19. The number of alkyl halides is 4. The predicted molar refractivity (Wildman–Crippen MR) is 53.4 cm³/mol. The second-order valence-electron chi connectivity index (χ2n) is 3.06. The van der Waals surface area contributed by atoms with Crippen LogP contribution in [-0.2, 0) is 6.18 Å². The highest BCUT2D eigenvalue weighted by atomic mass is 35.5. The SMILES string of the molecule is OC(CCCl)C(O)c1nc(C(F)(F)F)cs1. The molecule has 8 heteroatoms. The normalized spacial score (nSPS) is 16.1. The van der Waals surface area contributed by atoms with Gasteiger partial charge in [0.05, 0.1) is 6.10 Å². The number of hydrogen-bond acceptors (Lipinski definition) is 4. The fraction of sp³-hybridized carbons (Fsp3) is 0.625. The van der Waals surface area contributed by atoms with E-state index in [9.17, 15) is 23.4 Å². The molecule has 0 fully saturated rings. The zero-order valence-corrected chi connectivity index (χ0v) is 9.48. The number of aliphatic hydroxyl groups is 2. The van der Waals surface area contributed by atoms with E-state index in [2.05, 4.69) is 4.98 Å². The molecule has 16 heavy (non-hydrogen) atoms. The van der Waals surface area contributed by atoms with Gasteiger partial charge in [-0.05, 0) is 6.42 Å². The van der Waals surface area contributed by atoms with Crippen molar-refractivity contribution in [1.82, 2.24) is 4.98 Å². The molecule has 1 heterocycles. The van der Waals surface area contributed by atoms with Crippen LogP contribution in [0.4, 0.5) is 13.2 Å². The van der Waals surface area contributed by atoms with Gasteiger partial charge in [-0.15, -0.1) is 22.9 Å². The van der Waals surface area contributed by atoms with Crippen molar-refractivity contribution in [2.75, 3.05) is 5.88 Å². The smallest absolute Gasteiger partial charge is 0.390 e. The molecule has 92 valence electrons. The fourth-order valence-corrected chi connectivity index (χ4v) is 2.08. The maximum absolute atomic E-state index is 12.2. The van der Waals surface area contributed by atoms with Crippen LogP contribution in [0.25, 0.3) is 0 Å². The maximum atomic E-state index is 12.2. The summed E-state index contributed by atoms with van der Waals surface area (Å²) < 4.78 is 36.6. The molecule has 0 aromatic carbocycles. The summed E-state index contributed by atoms with van der Waals surface area (Å²) in [5.74, 6) is 0.107. The van der Waals surface area contributed by atoms with Gasteiger partial charge >= 0.3 is 6.18 Å². The zero-order chi connectivity index (χ0) is 12.3. The van der Waals surface area contributed by atoms with Gasteiger partial charge in [-0.1, -0.05) is 0 Å². The Morgan fingerprint density at radius 2 is 2.06 bits per heavy atom. The Hall–Kier alpha value is -0.370. The van der Waals surface area contributed by atoms with Crippen molar-refractivity contribution >= 4 is 22.9 Å². The van der Waals surface area contributed by atoms with Crippen molar-refractivity contribution in [3.8, 4) is 0 Å². The average molecular weight is 276 g/mol. The summed E-state index contributed by atoms with van der Waals surface area (Å²) in [5.41, 5.74) is -1.07. The molecule has 2 N–H and O–H groups in total. The minimum Gasteiger partial charge on any atom is -0.390 e. The van der Waals surface area contributed by atoms with Crippen molar-refractivity contribution in [2.24, 2.45) is 0 Å². The second kappa shape index (κ2) is 5.31. The minimum absolute atomic E-state index is 0.0870. The number of halogens is 4. The summed E-state index contributed by atoms with van der Waals surface area (Å²) in [6.45, 7) is 0.